The molecule has 76 valence electrons. The molecule has 14 heavy (non-hydrogen) atoms. The van der Waals surface area contributed by atoms with Crippen LogP contribution in [0.25, 0.3) is 0 Å². The van der Waals surface area contributed by atoms with Crippen molar-refractivity contribution in [1.29, 1.82) is 0 Å². The third kappa shape index (κ3) is 2.53. The Morgan fingerprint density at radius 3 is 3.07 bits per heavy atom. The zero-order chi connectivity index (χ0) is 9.97. The standard InChI is InChI=1S/C10H13BrN2O/c11-8-2-1-5-12-10(8)9(14)6-13-7-3-4-7/h1-2,5,7,9,13-14H,3-4,6H2. The number of hydrogen-bond acceptors (Lipinski definition) is 3. The van der Waals surface area contributed by atoms with E-state index in [9.17, 15) is 5.11 Å². The van der Waals surface area contributed by atoms with Gasteiger partial charge in [-0.1, -0.05) is 0 Å². The molecule has 2 rings (SSSR count). The van der Waals surface area contributed by atoms with Gasteiger partial charge in [-0.2, -0.15) is 0 Å². The predicted octanol–water partition coefficient (Wildman–Crippen LogP) is 1.63. The molecule has 4 heteroatoms. The minimum absolute atomic E-state index is 0.522. The summed E-state index contributed by atoms with van der Waals surface area (Å²) in [6.45, 7) is 0.584. The zero-order valence-electron chi connectivity index (χ0n) is 7.78. The van der Waals surface area contributed by atoms with Crippen molar-refractivity contribution in [2.45, 2.75) is 25.0 Å². The SMILES string of the molecule is OC(CNC1CC1)c1ncccc1Br. The first kappa shape index (κ1) is 10.1. The maximum atomic E-state index is 9.82. The number of nitrogens with zero attached hydrogens (tertiary/aromatic N) is 1. The Kier molecular flexibility index (Phi) is 3.15. The van der Waals surface area contributed by atoms with E-state index in [1.54, 1.807) is 6.20 Å². The molecule has 1 fully saturated rings. The Labute approximate surface area is 91.7 Å². The smallest absolute Gasteiger partial charge is 0.109 e. The summed E-state index contributed by atoms with van der Waals surface area (Å²) >= 11 is 3.37. The number of nitrogens with one attached hydrogen (secondary N) is 1. The lowest BCUT2D eigenvalue weighted by atomic mass is 10.2. The molecule has 1 aromatic heterocycles. The summed E-state index contributed by atoms with van der Waals surface area (Å²) in [6.07, 6.45) is 3.64. The van der Waals surface area contributed by atoms with Gasteiger partial charge in [0, 0.05) is 23.3 Å². The number of rotatable bonds is 4. The van der Waals surface area contributed by atoms with Gasteiger partial charge < -0.3 is 10.4 Å². The van der Waals surface area contributed by atoms with Gasteiger partial charge in [0.25, 0.3) is 0 Å². The van der Waals surface area contributed by atoms with Gasteiger partial charge in [-0.05, 0) is 40.9 Å². The number of halogens is 1. The minimum atomic E-state index is -0.522. The van der Waals surface area contributed by atoms with Crippen LogP contribution in [0.2, 0.25) is 0 Å². The van der Waals surface area contributed by atoms with Crippen molar-refractivity contribution in [3.05, 3.63) is 28.5 Å². The molecular weight excluding hydrogens is 244 g/mol. The Hall–Kier alpha value is -0.450. The maximum absolute atomic E-state index is 9.82. The molecule has 0 aromatic carbocycles. The highest BCUT2D eigenvalue weighted by Crippen LogP contribution is 2.22. The van der Waals surface area contributed by atoms with E-state index < -0.39 is 6.10 Å². The van der Waals surface area contributed by atoms with Gasteiger partial charge in [0.05, 0.1) is 5.69 Å². The molecule has 0 saturated heterocycles. The molecule has 1 saturated carbocycles. The van der Waals surface area contributed by atoms with Crippen LogP contribution < -0.4 is 5.32 Å². The Balaban J connectivity index is 1.95. The zero-order valence-corrected chi connectivity index (χ0v) is 9.37. The summed E-state index contributed by atoms with van der Waals surface area (Å²) in [4.78, 5) is 4.14. The van der Waals surface area contributed by atoms with E-state index in [1.807, 2.05) is 12.1 Å². The Morgan fingerprint density at radius 2 is 2.43 bits per heavy atom. The molecule has 0 aliphatic heterocycles. The molecule has 0 amide bonds. The average Bonchev–Trinajstić information content (AvgIpc) is 2.98. The lowest BCUT2D eigenvalue weighted by molar-refractivity contribution is 0.169. The largest absolute Gasteiger partial charge is 0.385 e. The van der Waals surface area contributed by atoms with Crippen molar-refractivity contribution in [2.24, 2.45) is 0 Å². The van der Waals surface area contributed by atoms with Crippen molar-refractivity contribution in [3.63, 3.8) is 0 Å². The first-order chi connectivity index (χ1) is 6.77. The molecule has 2 N–H and O–H groups in total. The Bertz CT molecular complexity index is 315. The van der Waals surface area contributed by atoms with Crippen LogP contribution >= 0.6 is 15.9 Å². The van der Waals surface area contributed by atoms with Gasteiger partial charge in [0.15, 0.2) is 0 Å². The molecule has 0 radical (unpaired) electrons. The molecule has 1 unspecified atom stereocenters. The van der Waals surface area contributed by atoms with E-state index >= 15 is 0 Å². The van der Waals surface area contributed by atoms with Crippen molar-refractivity contribution in [3.8, 4) is 0 Å². The van der Waals surface area contributed by atoms with Gasteiger partial charge in [-0.3, -0.25) is 4.98 Å². The van der Waals surface area contributed by atoms with Crippen LogP contribution in [-0.2, 0) is 0 Å². The fraction of sp³-hybridized carbons (Fsp3) is 0.500. The fourth-order valence-corrected chi connectivity index (χ4v) is 1.82. The van der Waals surface area contributed by atoms with Crippen molar-refractivity contribution < 1.29 is 5.11 Å². The quantitative estimate of drug-likeness (QED) is 0.861. The maximum Gasteiger partial charge on any atom is 0.109 e. The molecule has 1 atom stereocenters. The van der Waals surface area contributed by atoms with Crippen LogP contribution in [0.15, 0.2) is 22.8 Å². The summed E-state index contributed by atoms with van der Waals surface area (Å²) < 4.78 is 0.866. The highest BCUT2D eigenvalue weighted by Gasteiger charge is 2.22. The highest BCUT2D eigenvalue weighted by molar-refractivity contribution is 9.10. The monoisotopic (exact) mass is 256 g/mol. The van der Waals surface area contributed by atoms with E-state index in [0.29, 0.717) is 18.3 Å². The average molecular weight is 257 g/mol. The Morgan fingerprint density at radius 1 is 1.64 bits per heavy atom. The summed E-state index contributed by atoms with van der Waals surface area (Å²) in [5, 5.41) is 13.1. The molecule has 1 aliphatic rings. The van der Waals surface area contributed by atoms with E-state index in [-0.39, 0.29) is 0 Å². The topological polar surface area (TPSA) is 45.1 Å². The van der Waals surface area contributed by atoms with Gasteiger partial charge in [-0.25, -0.2) is 0 Å². The van der Waals surface area contributed by atoms with Crippen molar-refractivity contribution >= 4 is 15.9 Å². The van der Waals surface area contributed by atoms with Gasteiger partial charge in [0.1, 0.15) is 6.10 Å². The van der Waals surface area contributed by atoms with E-state index in [4.69, 9.17) is 0 Å². The highest BCUT2D eigenvalue weighted by atomic mass is 79.9. The molecule has 3 nitrogen and oxygen atoms in total. The minimum Gasteiger partial charge on any atom is -0.385 e. The summed E-state index contributed by atoms with van der Waals surface area (Å²) in [5.41, 5.74) is 0.709. The van der Waals surface area contributed by atoms with Crippen LogP contribution in [-0.4, -0.2) is 22.7 Å². The van der Waals surface area contributed by atoms with Crippen molar-refractivity contribution in [2.75, 3.05) is 6.54 Å². The second-order valence-electron chi connectivity index (χ2n) is 3.57. The van der Waals surface area contributed by atoms with Crippen LogP contribution in [0.5, 0.6) is 0 Å². The third-order valence-electron chi connectivity index (χ3n) is 2.28. The first-order valence-corrected chi connectivity index (χ1v) is 5.58. The number of aliphatic hydroxyl groups is 1. The fourth-order valence-electron chi connectivity index (χ4n) is 1.31. The molecular formula is C10H13BrN2O. The summed E-state index contributed by atoms with van der Waals surface area (Å²) in [5.74, 6) is 0. The summed E-state index contributed by atoms with van der Waals surface area (Å²) in [7, 11) is 0. The van der Waals surface area contributed by atoms with Crippen LogP contribution in [0.3, 0.4) is 0 Å². The number of aromatic nitrogens is 1. The van der Waals surface area contributed by atoms with Gasteiger partial charge >= 0.3 is 0 Å². The normalized spacial score (nSPS) is 18.1. The molecule has 1 aromatic rings. The van der Waals surface area contributed by atoms with E-state index in [2.05, 4.69) is 26.2 Å². The van der Waals surface area contributed by atoms with Gasteiger partial charge in [0.2, 0.25) is 0 Å². The lowest BCUT2D eigenvalue weighted by Gasteiger charge is -2.11. The second kappa shape index (κ2) is 4.38. The molecule has 1 aliphatic carbocycles. The van der Waals surface area contributed by atoms with Crippen LogP contribution in [0.1, 0.15) is 24.6 Å². The lowest BCUT2D eigenvalue weighted by Crippen LogP contribution is -2.24. The third-order valence-corrected chi connectivity index (χ3v) is 2.95. The molecule has 0 bridgehead atoms. The first-order valence-electron chi connectivity index (χ1n) is 4.79. The van der Waals surface area contributed by atoms with Crippen molar-refractivity contribution in [1.82, 2.24) is 10.3 Å². The molecule has 1 heterocycles. The number of pyridine rings is 1. The summed E-state index contributed by atoms with van der Waals surface area (Å²) in [6, 6.07) is 4.35. The van der Waals surface area contributed by atoms with Crippen LogP contribution in [0, 0.1) is 0 Å². The number of hydrogen-bond donors (Lipinski definition) is 2. The van der Waals surface area contributed by atoms with Crippen LogP contribution in [0.4, 0.5) is 0 Å². The van der Waals surface area contributed by atoms with Gasteiger partial charge in [-0.15, -0.1) is 0 Å². The van der Waals surface area contributed by atoms with E-state index in [1.165, 1.54) is 12.8 Å². The predicted molar refractivity (Wildman–Crippen MR) is 57.9 cm³/mol. The second-order valence-corrected chi connectivity index (χ2v) is 4.42. The molecule has 0 spiro atoms. The van der Waals surface area contributed by atoms with E-state index in [0.717, 1.165) is 4.47 Å². The number of aliphatic hydroxyl groups excluding tert-OH is 1.